The third-order valence-electron chi connectivity index (χ3n) is 3.73. The van der Waals surface area contributed by atoms with Crippen molar-refractivity contribution in [1.29, 1.82) is 0 Å². The second-order valence-corrected chi connectivity index (χ2v) is 5.37. The van der Waals surface area contributed by atoms with Crippen LogP contribution in [0.1, 0.15) is 12.5 Å². The Balaban J connectivity index is 1.94. The smallest absolute Gasteiger partial charge is 0.313 e. The number of hydrogen-bond acceptors (Lipinski definition) is 5. The number of nitrogens with one attached hydrogen (secondary N) is 2. The molecule has 7 heteroatoms. The Morgan fingerprint density at radius 1 is 1.16 bits per heavy atom. The molecule has 2 rings (SSSR count). The molecule has 1 aromatic heterocycles. The highest BCUT2D eigenvalue weighted by Gasteiger charge is 2.15. The number of carbonyl (C=O) groups excluding carboxylic acids is 2. The van der Waals surface area contributed by atoms with Crippen molar-refractivity contribution >= 4 is 23.2 Å². The van der Waals surface area contributed by atoms with Crippen LogP contribution in [0.15, 0.2) is 42.6 Å². The number of methoxy groups -OCH3 is 1. The molecule has 0 radical (unpaired) electrons. The Morgan fingerprint density at radius 2 is 1.92 bits per heavy atom. The van der Waals surface area contributed by atoms with E-state index in [4.69, 9.17) is 4.74 Å². The van der Waals surface area contributed by atoms with Gasteiger partial charge in [-0.3, -0.25) is 9.59 Å². The summed E-state index contributed by atoms with van der Waals surface area (Å²) < 4.78 is 4.94. The lowest BCUT2D eigenvalue weighted by Crippen LogP contribution is -2.35. The van der Waals surface area contributed by atoms with Gasteiger partial charge >= 0.3 is 11.8 Å². The molecular weight excluding hydrogens is 320 g/mol. The number of pyridine rings is 1. The lowest BCUT2D eigenvalue weighted by atomic mass is 10.1. The molecule has 7 nitrogen and oxygen atoms in total. The highest BCUT2D eigenvalue weighted by Crippen LogP contribution is 2.18. The maximum Gasteiger partial charge on any atom is 0.313 e. The SMILES string of the molecule is CCN(C)c1ccccc1CNC(=O)C(=O)Nc1ccc(OC)nc1. The van der Waals surface area contributed by atoms with Crippen molar-refractivity contribution < 1.29 is 14.3 Å². The van der Waals surface area contributed by atoms with Gasteiger partial charge in [-0.25, -0.2) is 4.98 Å². The van der Waals surface area contributed by atoms with Crippen LogP contribution in [-0.4, -0.2) is 37.5 Å². The molecule has 25 heavy (non-hydrogen) atoms. The van der Waals surface area contributed by atoms with Gasteiger partial charge in [-0.15, -0.1) is 0 Å². The second-order valence-electron chi connectivity index (χ2n) is 5.37. The average Bonchev–Trinajstić information content (AvgIpc) is 2.66. The fourth-order valence-electron chi connectivity index (χ4n) is 2.22. The number of amides is 2. The van der Waals surface area contributed by atoms with E-state index in [0.717, 1.165) is 17.8 Å². The van der Waals surface area contributed by atoms with Gasteiger partial charge in [-0.05, 0) is 24.6 Å². The number of carbonyl (C=O) groups is 2. The van der Waals surface area contributed by atoms with Crippen LogP contribution in [0, 0.1) is 0 Å². The molecular formula is C18H22N4O3. The molecule has 2 amide bonds. The number of anilines is 2. The van der Waals surface area contributed by atoms with Crippen molar-refractivity contribution in [2.75, 3.05) is 30.9 Å². The van der Waals surface area contributed by atoms with Gasteiger partial charge in [0.2, 0.25) is 5.88 Å². The zero-order valence-electron chi connectivity index (χ0n) is 14.6. The second kappa shape index (κ2) is 8.68. The van der Waals surface area contributed by atoms with Crippen molar-refractivity contribution in [3.05, 3.63) is 48.2 Å². The van der Waals surface area contributed by atoms with E-state index in [0.29, 0.717) is 11.6 Å². The van der Waals surface area contributed by atoms with Gasteiger partial charge in [0, 0.05) is 31.9 Å². The first-order valence-corrected chi connectivity index (χ1v) is 7.93. The minimum absolute atomic E-state index is 0.271. The minimum Gasteiger partial charge on any atom is -0.481 e. The largest absolute Gasteiger partial charge is 0.481 e. The van der Waals surface area contributed by atoms with Gasteiger partial charge in [0.1, 0.15) is 0 Å². The summed E-state index contributed by atoms with van der Waals surface area (Å²) in [5.41, 5.74) is 2.39. The third kappa shape index (κ3) is 4.94. The van der Waals surface area contributed by atoms with Crippen LogP contribution in [0.3, 0.4) is 0 Å². The first-order chi connectivity index (χ1) is 12.0. The van der Waals surface area contributed by atoms with Gasteiger partial charge in [0.05, 0.1) is 19.0 Å². The number of rotatable bonds is 6. The van der Waals surface area contributed by atoms with Crippen LogP contribution in [-0.2, 0) is 16.1 Å². The van der Waals surface area contributed by atoms with Crippen LogP contribution in [0.5, 0.6) is 5.88 Å². The van der Waals surface area contributed by atoms with Crippen LogP contribution >= 0.6 is 0 Å². The van der Waals surface area contributed by atoms with Gasteiger partial charge in [-0.1, -0.05) is 18.2 Å². The fraction of sp³-hybridized carbons (Fsp3) is 0.278. The van der Waals surface area contributed by atoms with Gasteiger partial charge in [0.15, 0.2) is 0 Å². The zero-order chi connectivity index (χ0) is 18.2. The average molecular weight is 342 g/mol. The van der Waals surface area contributed by atoms with E-state index in [2.05, 4.69) is 20.5 Å². The van der Waals surface area contributed by atoms with E-state index < -0.39 is 11.8 Å². The lowest BCUT2D eigenvalue weighted by molar-refractivity contribution is -0.136. The van der Waals surface area contributed by atoms with Crippen molar-refractivity contribution in [2.45, 2.75) is 13.5 Å². The van der Waals surface area contributed by atoms with Crippen molar-refractivity contribution in [2.24, 2.45) is 0 Å². The predicted molar refractivity (Wildman–Crippen MR) is 96.7 cm³/mol. The molecule has 2 aromatic rings. The molecule has 2 N–H and O–H groups in total. The molecule has 0 saturated heterocycles. The van der Waals surface area contributed by atoms with E-state index in [-0.39, 0.29) is 6.54 Å². The molecule has 0 atom stereocenters. The topological polar surface area (TPSA) is 83.6 Å². The first kappa shape index (κ1) is 18.3. The van der Waals surface area contributed by atoms with E-state index in [1.807, 2.05) is 38.2 Å². The van der Waals surface area contributed by atoms with Crippen LogP contribution < -0.4 is 20.3 Å². The van der Waals surface area contributed by atoms with Gasteiger partial charge < -0.3 is 20.3 Å². The Hall–Kier alpha value is -3.09. The summed E-state index contributed by atoms with van der Waals surface area (Å²) in [4.78, 5) is 30.0. The zero-order valence-corrected chi connectivity index (χ0v) is 14.6. The number of hydrogen-bond donors (Lipinski definition) is 2. The number of ether oxygens (including phenoxy) is 1. The quantitative estimate of drug-likeness (QED) is 0.782. The van der Waals surface area contributed by atoms with Crippen molar-refractivity contribution in [1.82, 2.24) is 10.3 Å². The number of nitrogens with zero attached hydrogens (tertiary/aromatic N) is 2. The highest BCUT2D eigenvalue weighted by molar-refractivity contribution is 6.39. The Bertz CT molecular complexity index is 731. The minimum atomic E-state index is -0.742. The summed E-state index contributed by atoms with van der Waals surface area (Å²) in [6, 6.07) is 11.0. The maximum absolute atomic E-state index is 12.0. The molecule has 132 valence electrons. The monoisotopic (exact) mass is 342 g/mol. The summed E-state index contributed by atoms with van der Waals surface area (Å²) in [6.07, 6.45) is 1.43. The molecule has 0 spiro atoms. The van der Waals surface area contributed by atoms with Gasteiger partial charge in [-0.2, -0.15) is 0 Å². The summed E-state index contributed by atoms with van der Waals surface area (Å²) in [6.45, 7) is 3.16. The fourth-order valence-corrected chi connectivity index (χ4v) is 2.22. The van der Waals surface area contributed by atoms with Crippen LogP contribution in [0.2, 0.25) is 0 Å². The maximum atomic E-state index is 12.0. The molecule has 0 aliphatic rings. The highest BCUT2D eigenvalue weighted by atomic mass is 16.5. The Kier molecular flexibility index (Phi) is 6.33. The molecule has 0 bridgehead atoms. The summed E-state index contributed by atoms with van der Waals surface area (Å²) in [7, 11) is 3.48. The normalized spacial score (nSPS) is 10.0. The number of benzene rings is 1. The number of para-hydroxylation sites is 1. The van der Waals surface area contributed by atoms with Crippen LogP contribution in [0.4, 0.5) is 11.4 Å². The molecule has 0 unspecified atom stereocenters. The lowest BCUT2D eigenvalue weighted by Gasteiger charge is -2.20. The summed E-state index contributed by atoms with van der Waals surface area (Å²) in [5.74, 6) is -1.02. The Labute approximate surface area is 147 Å². The van der Waals surface area contributed by atoms with E-state index in [1.54, 1.807) is 12.1 Å². The van der Waals surface area contributed by atoms with E-state index in [9.17, 15) is 9.59 Å². The molecule has 0 saturated carbocycles. The molecule has 0 aliphatic carbocycles. The van der Waals surface area contributed by atoms with E-state index >= 15 is 0 Å². The van der Waals surface area contributed by atoms with Crippen molar-refractivity contribution in [3.8, 4) is 5.88 Å². The molecule has 0 fully saturated rings. The molecule has 1 aromatic carbocycles. The number of aromatic nitrogens is 1. The molecule has 1 heterocycles. The molecule has 0 aliphatic heterocycles. The summed E-state index contributed by atoms with van der Waals surface area (Å²) in [5, 5.41) is 5.14. The Morgan fingerprint density at radius 3 is 2.56 bits per heavy atom. The first-order valence-electron chi connectivity index (χ1n) is 7.93. The standard InChI is InChI=1S/C18H22N4O3/c1-4-22(2)15-8-6-5-7-13(15)11-20-17(23)18(24)21-14-9-10-16(25-3)19-12-14/h5-10,12H,4,11H2,1-3H3,(H,20,23)(H,21,24). The predicted octanol–water partition coefficient (Wildman–Crippen LogP) is 1.80. The summed E-state index contributed by atoms with van der Waals surface area (Å²) >= 11 is 0. The third-order valence-corrected chi connectivity index (χ3v) is 3.73. The van der Waals surface area contributed by atoms with Gasteiger partial charge in [0.25, 0.3) is 0 Å². The van der Waals surface area contributed by atoms with Crippen LogP contribution in [0.25, 0.3) is 0 Å². The van der Waals surface area contributed by atoms with Crippen molar-refractivity contribution in [3.63, 3.8) is 0 Å². The van der Waals surface area contributed by atoms with E-state index in [1.165, 1.54) is 13.3 Å².